The largest absolute Gasteiger partial charge is 0.494 e. The van der Waals surface area contributed by atoms with E-state index in [0.29, 0.717) is 23.6 Å². The minimum Gasteiger partial charge on any atom is -0.494 e. The predicted molar refractivity (Wildman–Crippen MR) is 111 cm³/mol. The van der Waals surface area contributed by atoms with E-state index < -0.39 is 30.4 Å². The topological polar surface area (TPSA) is 74.2 Å². The third-order valence-corrected chi connectivity index (χ3v) is 5.60. The molecule has 0 saturated carbocycles. The molecule has 2 aromatic rings. The number of hydrogen-bond acceptors (Lipinski definition) is 6. The smallest absolute Gasteiger partial charge is 0.194 e. The van der Waals surface area contributed by atoms with Crippen LogP contribution < -0.4 is 4.74 Å². The molecule has 4 atom stereocenters. The molecular weight excluding hydrogens is 408 g/mol. The average Bonchev–Trinajstić information content (AvgIpc) is 3.17. The number of ketones is 1. The minimum absolute atomic E-state index is 0.327. The van der Waals surface area contributed by atoms with E-state index in [1.807, 2.05) is 31.2 Å². The van der Waals surface area contributed by atoms with Crippen molar-refractivity contribution in [2.75, 3.05) is 6.61 Å². The zero-order valence-corrected chi connectivity index (χ0v) is 17.9. The fraction of sp³-hybridized carbons (Fsp3) is 0.435. The van der Waals surface area contributed by atoms with Crippen molar-refractivity contribution < 1.29 is 28.8 Å². The second-order valence-corrected chi connectivity index (χ2v) is 8.35. The molecule has 4 rings (SSSR count). The van der Waals surface area contributed by atoms with Crippen LogP contribution in [0.4, 0.5) is 0 Å². The molecule has 6 nitrogen and oxygen atoms in total. The van der Waals surface area contributed by atoms with Crippen LogP contribution in [-0.2, 0) is 20.6 Å². The number of ether oxygens (including phenoxy) is 4. The zero-order chi connectivity index (χ0) is 21.5. The number of fused-ring (bicyclic) bond motifs is 1. The number of carbonyl (C=O) groups is 1. The molecule has 0 spiro atoms. The molecule has 160 valence electrons. The van der Waals surface area contributed by atoms with Crippen molar-refractivity contribution in [1.82, 2.24) is 0 Å². The Morgan fingerprint density at radius 2 is 1.90 bits per heavy atom. The Kier molecular flexibility index (Phi) is 5.88. The quantitative estimate of drug-likeness (QED) is 0.701. The van der Waals surface area contributed by atoms with Gasteiger partial charge in [0.2, 0.25) is 0 Å². The summed E-state index contributed by atoms with van der Waals surface area (Å²) in [6, 6.07) is 12.8. The summed E-state index contributed by atoms with van der Waals surface area (Å²) in [4.78, 5) is 13.0. The third kappa shape index (κ3) is 4.24. The van der Waals surface area contributed by atoms with E-state index in [1.54, 1.807) is 32.0 Å². The Labute approximate surface area is 180 Å². The lowest BCUT2D eigenvalue weighted by Crippen LogP contribution is -2.38. The van der Waals surface area contributed by atoms with Crippen LogP contribution in [0.25, 0.3) is 0 Å². The standard InChI is InChI=1S/C23H25ClO6/c1-4-27-16-8-5-13(6-9-16)11-15-12-14(7-10-17(15)24)18(25)20-19(26)21-22(28-20)30-23(2,3)29-21/h5-10,12,19-22,26H,4,11H2,1-3H3/t19-,20+,21?,22?/m1/s1. The van der Waals surface area contributed by atoms with Crippen LogP contribution in [0.2, 0.25) is 5.02 Å². The van der Waals surface area contributed by atoms with Crippen LogP contribution in [0, 0.1) is 0 Å². The van der Waals surface area contributed by atoms with Gasteiger partial charge in [-0.05, 0) is 68.7 Å². The summed E-state index contributed by atoms with van der Waals surface area (Å²) in [7, 11) is 0. The molecule has 30 heavy (non-hydrogen) atoms. The molecule has 2 unspecified atom stereocenters. The first-order chi connectivity index (χ1) is 14.3. The van der Waals surface area contributed by atoms with Crippen molar-refractivity contribution >= 4 is 17.4 Å². The van der Waals surface area contributed by atoms with Gasteiger partial charge in [-0.2, -0.15) is 0 Å². The molecule has 2 fully saturated rings. The van der Waals surface area contributed by atoms with E-state index in [2.05, 4.69) is 0 Å². The van der Waals surface area contributed by atoms with Gasteiger partial charge < -0.3 is 24.1 Å². The highest BCUT2D eigenvalue weighted by Gasteiger charge is 2.56. The lowest BCUT2D eigenvalue weighted by atomic mass is 9.97. The second kappa shape index (κ2) is 8.29. The van der Waals surface area contributed by atoms with Crippen molar-refractivity contribution in [3.05, 3.63) is 64.2 Å². The van der Waals surface area contributed by atoms with Gasteiger partial charge in [0.15, 0.2) is 24.0 Å². The number of carbonyl (C=O) groups excluding carboxylic acids is 1. The highest BCUT2D eigenvalue weighted by Crippen LogP contribution is 2.38. The summed E-state index contributed by atoms with van der Waals surface area (Å²) in [6.07, 6.45) is -3.04. The number of rotatable bonds is 6. The number of Topliss-reactive ketones (excluding diaryl/α,β-unsaturated/α-hetero) is 1. The Morgan fingerprint density at radius 3 is 2.57 bits per heavy atom. The molecule has 0 aliphatic carbocycles. The van der Waals surface area contributed by atoms with Crippen LogP contribution in [0.15, 0.2) is 42.5 Å². The number of benzene rings is 2. The molecule has 0 aromatic heterocycles. The first-order valence-electron chi connectivity index (χ1n) is 10.0. The van der Waals surface area contributed by atoms with Gasteiger partial charge in [0.05, 0.1) is 6.61 Å². The van der Waals surface area contributed by atoms with E-state index in [4.69, 9.17) is 30.5 Å². The molecule has 2 heterocycles. The Bertz CT molecular complexity index is 926. The van der Waals surface area contributed by atoms with Gasteiger partial charge in [-0.25, -0.2) is 0 Å². The highest BCUT2D eigenvalue weighted by molar-refractivity contribution is 6.31. The summed E-state index contributed by atoms with van der Waals surface area (Å²) < 4.78 is 22.4. The van der Waals surface area contributed by atoms with Gasteiger partial charge in [0.1, 0.15) is 18.0 Å². The van der Waals surface area contributed by atoms with Gasteiger partial charge in [-0.1, -0.05) is 23.7 Å². The van der Waals surface area contributed by atoms with Crippen molar-refractivity contribution in [2.24, 2.45) is 0 Å². The zero-order valence-electron chi connectivity index (χ0n) is 17.1. The van der Waals surface area contributed by atoms with Gasteiger partial charge in [0.25, 0.3) is 0 Å². The first kappa shape index (κ1) is 21.3. The normalized spacial score (nSPS) is 27.1. The summed E-state index contributed by atoms with van der Waals surface area (Å²) in [5.41, 5.74) is 2.28. The molecule has 2 saturated heterocycles. The van der Waals surface area contributed by atoms with Gasteiger partial charge in [-0.15, -0.1) is 0 Å². The van der Waals surface area contributed by atoms with Crippen LogP contribution in [0.3, 0.4) is 0 Å². The minimum atomic E-state index is -1.10. The van der Waals surface area contributed by atoms with Crippen molar-refractivity contribution in [2.45, 2.75) is 57.6 Å². The maximum absolute atomic E-state index is 13.0. The summed E-state index contributed by atoms with van der Waals surface area (Å²) in [6.45, 7) is 6.03. The van der Waals surface area contributed by atoms with E-state index in [0.717, 1.165) is 16.9 Å². The fourth-order valence-corrected chi connectivity index (χ4v) is 4.01. The molecule has 1 N–H and O–H groups in total. The lowest BCUT2D eigenvalue weighted by molar-refractivity contribution is -0.208. The summed E-state index contributed by atoms with van der Waals surface area (Å²) in [5.74, 6) is -0.372. The Balaban J connectivity index is 1.50. The van der Waals surface area contributed by atoms with E-state index in [1.165, 1.54) is 0 Å². The maximum atomic E-state index is 13.0. The Hall–Kier alpha value is -1.96. The molecule has 2 aliphatic heterocycles. The van der Waals surface area contributed by atoms with Crippen LogP contribution in [0.1, 0.15) is 42.3 Å². The maximum Gasteiger partial charge on any atom is 0.194 e. The second-order valence-electron chi connectivity index (χ2n) is 7.94. The number of aliphatic hydroxyl groups is 1. The molecule has 2 aliphatic rings. The van der Waals surface area contributed by atoms with Crippen molar-refractivity contribution in [1.29, 1.82) is 0 Å². The van der Waals surface area contributed by atoms with Crippen LogP contribution in [0.5, 0.6) is 5.75 Å². The molecule has 7 heteroatoms. The van der Waals surface area contributed by atoms with E-state index in [-0.39, 0.29) is 5.78 Å². The molecular formula is C23H25ClO6. The summed E-state index contributed by atoms with van der Waals surface area (Å²) in [5, 5.41) is 11.1. The molecule has 0 amide bonds. The van der Waals surface area contributed by atoms with Crippen LogP contribution in [-0.4, -0.2) is 47.9 Å². The number of aliphatic hydroxyl groups excluding tert-OH is 1. The van der Waals surface area contributed by atoms with E-state index >= 15 is 0 Å². The third-order valence-electron chi connectivity index (χ3n) is 5.23. The molecule has 0 bridgehead atoms. The fourth-order valence-electron chi connectivity index (χ4n) is 3.83. The number of hydrogen-bond donors (Lipinski definition) is 1. The van der Waals surface area contributed by atoms with Gasteiger partial charge in [-0.3, -0.25) is 4.79 Å². The monoisotopic (exact) mass is 432 g/mol. The van der Waals surface area contributed by atoms with Gasteiger partial charge in [0, 0.05) is 10.6 Å². The average molecular weight is 433 g/mol. The van der Waals surface area contributed by atoms with Crippen molar-refractivity contribution in [3.8, 4) is 5.75 Å². The lowest BCUT2D eigenvalue weighted by Gasteiger charge is -2.22. The molecule has 2 aromatic carbocycles. The predicted octanol–water partition coefficient (Wildman–Crippen LogP) is 3.75. The summed E-state index contributed by atoms with van der Waals surface area (Å²) >= 11 is 6.37. The SMILES string of the molecule is CCOc1ccc(Cc2cc(C(=O)[C@@H]3OC4OC(C)(C)OC4[C@@H]3O)ccc2Cl)cc1. The van der Waals surface area contributed by atoms with Gasteiger partial charge >= 0.3 is 0 Å². The first-order valence-corrected chi connectivity index (χ1v) is 10.4. The number of halogens is 1. The van der Waals surface area contributed by atoms with E-state index in [9.17, 15) is 9.90 Å². The molecule has 0 radical (unpaired) electrons. The highest BCUT2D eigenvalue weighted by atomic mass is 35.5. The Morgan fingerprint density at radius 1 is 1.17 bits per heavy atom. The van der Waals surface area contributed by atoms with Crippen LogP contribution >= 0.6 is 11.6 Å². The van der Waals surface area contributed by atoms with Crippen molar-refractivity contribution in [3.63, 3.8) is 0 Å².